The van der Waals surface area contributed by atoms with Crippen LogP contribution < -0.4 is 11.4 Å². The quantitative estimate of drug-likeness (QED) is 0.344. The van der Waals surface area contributed by atoms with Crippen molar-refractivity contribution >= 4 is 16.7 Å². The lowest BCUT2D eigenvalue weighted by atomic mass is 10.0. The van der Waals surface area contributed by atoms with Gasteiger partial charge in [-0.3, -0.25) is 13.9 Å². The summed E-state index contributed by atoms with van der Waals surface area (Å²) < 4.78 is 4.50. The standard InChI is InChI=1S/C28H24N6O3/c29-13-19-8-10-20(11-9-19)15-32-18-31-14-23(32)17-34-27(36)25(12-26(30)35)33(28(34)37)16-22-6-3-5-21-4-1-2-7-24(21)22/h1-11,14,18,36H,12,15-17H2,(H2,30,35). The summed E-state index contributed by atoms with van der Waals surface area (Å²) in [6.45, 7) is 0.699. The minimum absolute atomic E-state index is 0.0508. The minimum atomic E-state index is -0.648. The first kappa shape index (κ1) is 23.6. The highest BCUT2D eigenvalue weighted by Gasteiger charge is 2.22. The molecule has 0 unspecified atom stereocenters. The first-order chi connectivity index (χ1) is 17.9. The molecule has 37 heavy (non-hydrogen) atoms. The molecule has 9 heteroatoms. The fourth-order valence-electron chi connectivity index (χ4n) is 4.54. The van der Waals surface area contributed by atoms with E-state index in [-0.39, 0.29) is 31.1 Å². The highest BCUT2D eigenvalue weighted by Crippen LogP contribution is 2.23. The van der Waals surface area contributed by atoms with Gasteiger partial charge in [0.05, 0.1) is 48.9 Å². The molecule has 0 saturated heterocycles. The molecule has 0 aliphatic carbocycles. The van der Waals surface area contributed by atoms with Crippen molar-refractivity contribution in [2.24, 2.45) is 5.73 Å². The van der Waals surface area contributed by atoms with Gasteiger partial charge in [-0.2, -0.15) is 5.26 Å². The average Bonchev–Trinajstić information content (AvgIpc) is 3.43. The van der Waals surface area contributed by atoms with E-state index in [1.807, 2.05) is 59.2 Å². The maximum absolute atomic E-state index is 13.6. The highest BCUT2D eigenvalue weighted by molar-refractivity contribution is 5.85. The first-order valence-electron chi connectivity index (χ1n) is 11.7. The minimum Gasteiger partial charge on any atom is -0.493 e. The predicted octanol–water partition coefficient (Wildman–Crippen LogP) is 2.75. The van der Waals surface area contributed by atoms with Crippen molar-refractivity contribution in [1.82, 2.24) is 18.7 Å². The summed E-state index contributed by atoms with van der Waals surface area (Å²) in [6.07, 6.45) is 3.00. The monoisotopic (exact) mass is 492 g/mol. The van der Waals surface area contributed by atoms with Gasteiger partial charge < -0.3 is 15.4 Å². The van der Waals surface area contributed by atoms with Gasteiger partial charge in [0.15, 0.2) is 0 Å². The number of aromatic nitrogens is 4. The Balaban J connectivity index is 1.51. The Labute approximate surface area is 212 Å². The fourth-order valence-corrected chi connectivity index (χ4v) is 4.54. The molecular formula is C28H24N6O3. The summed E-state index contributed by atoms with van der Waals surface area (Å²) in [7, 11) is 0. The first-order valence-corrected chi connectivity index (χ1v) is 11.7. The van der Waals surface area contributed by atoms with Crippen LogP contribution in [0.3, 0.4) is 0 Å². The van der Waals surface area contributed by atoms with Crippen LogP contribution in [0, 0.1) is 11.3 Å². The van der Waals surface area contributed by atoms with Crippen molar-refractivity contribution < 1.29 is 9.90 Å². The number of nitriles is 1. The summed E-state index contributed by atoms with van der Waals surface area (Å²) in [5.74, 6) is -0.944. The zero-order chi connectivity index (χ0) is 25.9. The predicted molar refractivity (Wildman–Crippen MR) is 138 cm³/mol. The summed E-state index contributed by atoms with van der Waals surface area (Å²) in [4.78, 5) is 29.6. The second-order valence-corrected chi connectivity index (χ2v) is 8.83. The molecule has 0 spiro atoms. The molecule has 0 aliphatic rings. The number of primary amides is 1. The molecule has 2 aromatic heterocycles. The molecule has 0 saturated carbocycles. The van der Waals surface area contributed by atoms with Crippen molar-refractivity contribution in [1.29, 1.82) is 5.26 Å². The van der Waals surface area contributed by atoms with E-state index in [2.05, 4.69) is 11.1 Å². The third-order valence-corrected chi connectivity index (χ3v) is 6.41. The summed E-state index contributed by atoms with van der Waals surface area (Å²) in [5.41, 5.74) is 8.28. The van der Waals surface area contributed by atoms with Crippen LogP contribution >= 0.6 is 0 Å². The van der Waals surface area contributed by atoms with Gasteiger partial charge >= 0.3 is 5.69 Å². The molecule has 5 rings (SSSR count). The second kappa shape index (κ2) is 9.87. The average molecular weight is 493 g/mol. The van der Waals surface area contributed by atoms with Gasteiger partial charge in [0.25, 0.3) is 0 Å². The molecule has 1 amide bonds. The van der Waals surface area contributed by atoms with Crippen molar-refractivity contribution in [2.45, 2.75) is 26.1 Å². The number of carbonyl (C=O) groups is 1. The lowest BCUT2D eigenvalue weighted by Gasteiger charge is -2.09. The number of hydrogen-bond acceptors (Lipinski definition) is 5. The Morgan fingerprint density at radius 2 is 1.73 bits per heavy atom. The van der Waals surface area contributed by atoms with Crippen molar-refractivity contribution in [3.8, 4) is 11.9 Å². The Morgan fingerprint density at radius 3 is 2.49 bits per heavy atom. The number of rotatable bonds is 8. The van der Waals surface area contributed by atoms with E-state index < -0.39 is 11.6 Å². The fraction of sp³-hybridized carbons (Fsp3) is 0.143. The molecule has 0 radical (unpaired) electrons. The van der Waals surface area contributed by atoms with Gasteiger partial charge in [-0.25, -0.2) is 9.78 Å². The molecule has 0 atom stereocenters. The van der Waals surface area contributed by atoms with Crippen LogP contribution in [-0.4, -0.2) is 29.7 Å². The van der Waals surface area contributed by atoms with Crippen LogP contribution in [0.15, 0.2) is 84.0 Å². The summed E-state index contributed by atoms with van der Waals surface area (Å²) in [5, 5.41) is 22.1. The Hall–Kier alpha value is -5.10. The van der Waals surface area contributed by atoms with Crippen molar-refractivity contribution in [3.05, 3.63) is 118 Å². The number of aromatic hydroxyl groups is 1. The van der Waals surface area contributed by atoms with E-state index in [1.54, 1.807) is 24.7 Å². The number of amides is 1. The molecule has 0 fully saturated rings. The van der Waals surface area contributed by atoms with E-state index >= 15 is 0 Å². The van der Waals surface area contributed by atoms with Crippen LogP contribution in [0.25, 0.3) is 10.8 Å². The molecule has 9 nitrogen and oxygen atoms in total. The number of nitrogens with zero attached hydrogens (tertiary/aromatic N) is 5. The van der Waals surface area contributed by atoms with E-state index in [9.17, 15) is 14.7 Å². The number of imidazole rings is 2. The van der Waals surface area contributed by atoms with Crippen LogP contribution in [0.4, 0.5) is 0 Å². The third kappa shape index (κ3) is 4.73. The van der Waals surface area contributed by atoms with Gasteiger partial charge in [-0.05, 0) is 34.0 Å². The van der Waals surface area contributed by atoms with E-state index in [0.717, 1.165) is 21.9 Å². The van der Waals surface area contributed by atoms with Crippen LogP contribution in [-0.2, 0) is 30.8 Å². The number of benzene rings is 3. The Kier molecular flexibility index (Phi) is 6.31. The van der Waals surface area contributed by atoms with Gasteiger partial charge in [-0.1, -0.05) is 54.6 Å². The van der Waals surface area contributed by atoms with Crippen molar-refractivity contribution in [2.75, 3.05) is 0 Å². The molecular weight excluding hydrogens is 468 g/mol. The lowest BCUT2D eigenvalue weighted by Crippen LogP contribution is -2.27. The van der Waals surface area contributed by atoms with Gasteiger partial charge in [-0.15, -0.1) is 0 Å². The molecule has 3 aromatic carbocycles. The Bertz CT molecular complexity index is 1700. The highest BCUT2D eigenvalue weighted by atomic mass is 16.3. The topological polar surface area (TPSA) is 132 Å². The summed E-state index contributed by atoms with van der Waals surface area (Å²) >= 11 is 0. The van der Waals surface area contributed by atoms with E-state index in [1.165, 1.54) is 9.13 Å². The molecule has 0 aliphatic heterocycles. The normalized spacial score (nSPS) is 11.0. The molecule has 184 valence electrons. The van der Waals surface area contributed by atoms with Crippen molar-refractivity contribution in [3.63, 3.8) is 0 Å². The van der Waals surface area contributed by atoms with Crippen LogP contribution in [0.1, 0.15) is 28.1 Å². The molecule has 0 bridgehead atoms. The smallest absolute Gasteiger partial charge is 0.331 e. The SMILES string of the molecule is N#Cc1ccc(Cn2cncc2Cn2c(O)c(CC(N)=O)n(Cc3cccc4ccccc34)c2=O)cc1. The molecule has 3 N–H and O–H groups in total. The van der Waals surface area contributed by atoms with Crippen LogP contribution in [0.5, 0.6) is 5.88 Å². The Morgan fingerprint density at radius 1 is 0.973 bits per heavy atom. The number of carbonyl (C=O) groups excluding carboxylic acids is 1. The van der Waals surface area contributed by atoms with Gasteiger partial charge in [0.2, 0.25) is 11.8 Å². The largest absolute Gasteiger partial charge is 0.493 e. The maximum Gasteiger partial charge on any atom is 0.331 e. The van der Waals surface area contributed by atoms with Gasteiger partial charge in [0.1, 0.15) is 0 Å². The maximum atomic E-state index is 13.6. The van der Waals surface area contributed by atoms with Crippen LogP contribution in [0.2, 0.25) is 0 Å². The number of hydrogen-bond donors (Lipinski definition) is 2. The van der Waals surface area contributed by atoms with E-state index in [0.29, 0.717) is 17.8 Å². The number of nitrogens with two attached hydrogens (primary N) is 1. The second-order valence-electron chi connectivity index (χ2n) is 8.83. The summed E-state index contributed by atoms with van der Waals surface area (Å²) in [6, 6.07) is 23.0. The lowest BCUT2D eigenvalue weighted by molar-refractivity contribution is -0.117. The zero-order valence-corrected chi connectivity index (χ0v) is 19.9. The number of fused-ring (bicyclic) bond motifs is 1. The third-order valence-electron chi connectivity index (χ3n) is 6.41. The molecule has 2 heterocycles. The zero-order valence-electron chi connectivity index (χ0n) is 19.9. The van der Waals surface area contributed by atoms with E-state index in [4.69, 9.17) is 11.0 Å². The van der Waals surface area contributed by atoms with Gasteiger partial charge in [0, 0.05) is 12.7 Å². The molecule has 5 aromatic rings.